The van der Waals surface area contributed by atoms with Gasteiger partial charge in [0.1, 0.15) is 17.3 Å². The Balaban J connectivity index is 1.82. The molecule has 152 valence electrons. The minimum absolute atomic E-state index is 0.0293. The zero-order valence-corrected chi connectivity index (χ0v) is 17.4. The van der Waals surface area contributed by atoms with Crippen molar-refractivity contribution < 1.29 is 13.6 Å². The number of aryl methyl sites for hydroxylation is 2. The normalized spacial score (nSPS) is 11.6. The molecule has 3 rings (SSSR count). The van der Waals surface area contributed by atoms with Gasteiger partial charge in [-0.2, -0.15) is 5.10 Å². The molecule has 0 saturated heterocycles. The van der Waals surface area contributed by atoms with E-state index in [4.69, 9.17) is 4.42 Å². The van der Waals surface area contributed by atoms with Gasteiger partial charge in [-0.15, -0.1) is 0 Å². The van der Waals surface area contributed by atoms with Crippen molar-refractivity contribution in [3.8, 4) is 5.69 Å². The number of nitrogens with zero attached hydrogens (tertiary/aromatic N) is 3. The molecule has 1 aromatic carbocycles. The lowest BCUT2D eigenvalue weighted by molar-refractivity contribution is -0.128. The van der Waals surface area contributed by atoms with Crippen LogP contribution in [0.25, 0.3) is 11.8 Å². The summed E-state index contributed by atoms with van der Waals surface area (Å²) >= 11 is 0. The Hall–Kier alpha value is -3.15. The summed E-state index contributed by atoms with van der Waals surface area (Å²) in [4.78, 5) is 14.6. The van der Waals surface area contributed by atoms with E-state index in [2.05, 4.69) is 5.10 Å². The van der Waals surface area contributed by atoms with E-state index in [-0.39, 0.29) is 17.8 Å². The van der Waals surface area contributed by atoms with Gasteiger partial charge in [-0.3, -0.25) is 4.79 Å². The lowest BCUT2D eigenvalue weighted by atomic mass is 10.1. The van der Waals surface area contributed by atoms with Crippen LogP contribution in [0, 0.1) is 26.6 Å². The fourth-order valence-corrected chi connectivity index (χ4v) is 3.23. The molecule has 0 N–H and O–H groups in total. The van der Waals surface area contributed by atoms with Crippen LogP contribution in [0.3, 0.4) is 0 Å². The van der Waals surface area contributed by atoms with Gasteiger partial charge in [0.25, 0.3) is 0 Å². The Morgan fingerprint density at radius 1 is 1.17 bits per heavy atom. The first-order valence-corrected chi connectivity index (χ1v) is 9.62. The Labute approximate surface area is 170 Å². The van der Waals surface area contributed by atoms with Crippen molar-refractivity contribution in [3.05, 3.63) is 76.8 Å². The van der Waals surface area contributed by atoms with Crippen LogP contribution in [0.1, 0.15) is 42.3 Å². The van der Waals surface area contributed by atoms with Gasteiger partial charge in [-0.1, -0.05) is 0 Å². The number of carbonyl (C=O) groups is 1. The highest BCUT2D eigenvalue weighted by Crippen LogP contribution is 2.20. The third kappa shape index (κ3) is 4.65. The molecule has 0 unspecified atom stereocenters. The summed E-state index contributed by atoms with van der Waals surface area (Å²) in [5.41, 5.74) is 3.33. The van der Waals surface area contributed by atoms with Gasteiger partial charge in [0.05, 0.1) is 17.9 Å². The molecule has 3 aromatic rings. The van der Waals surface area contributed by atoms with Crippen molar-refractivity contribution >= 4 is 12.0 Å². The zero-order chi connectivity index (χ0) is 21.1. The molecule has 0 aliphatic rings. The lowest BCUT2D eigenvalue weighted by Crippen LogP contribution is -2.35. The van der Waals surface area contributed by atoms with Crippen molar-refractivity contribution in [2.45, 2.75) is 47.2 Å². The Kier molecular flexibility index (Phi) is 6.01. The highest BCUT2D eigenvalue weighted by atomic mass is 19.1. The number of benzene rings is 1. The maximum atomic E-state index is 13.2. The summed E-state index contributed by atoms with van der Waals surface area (Å²) < 4.78 is 20.6. The Bertz CT molecular complexity index is 1030. The predicted octanol–water partition coefficient (Wildman–Crippen LogP) is 4.98. The number of halogens is 1. The first-order chi connectivity index (χ1) is 13.8. The predicted molar refractivity (Wildman–Crippen MR) is 111 cm³/mol. The van der Waals surface area contributed by atoms with E-state index in [1.54, 1.807) is 33.9 Å². The minimum Gasteiger partial charge on any atom is -0.464 e. The van der Waals surface area contributed by atoms with Crippen molar-refractivity contribution in [3.63, 3.8) is 0 Å². The molecule has 29 heavy (non-hydrogen) atoms. The lowest BCUT2D eigenvalue weighted by Gasteiger charge is -2.24. The van der Waals surface area contributed by atoms with Gasteiger partial charge >= 0.3 is 0 Å². The second-order valence-corrected chi connectivity index (χ2v) is 7.38. The molecular weight excluding hydrogens is 369 g/mol. The quantitative estimate of drug-likeness (QED) is 0.553. The number of furan rings is 1. The van der Waals surface area contributed by atoms with Crippen LogP contribution in [0.5, 0.6) is 0 Å². The fourth-order valence-electron chi connectivity index (χ4n) is 3.23. The van der Waals surface area contributed by atoms with Crippen LogP contribution in [-0.2, 0) is 11.3 Å². The molecule has 2 aromatic heterocycles. The van der Waals surface area contributed by atoms with E-state index in [1.807, 2.05) is 46.8 Å². The third-order valence-corrected chi connectivity index (χ3v) is 4.84. The molecular formula is C23H26FN3O2. The second kappa shape index (κ2) is 8.47. The molecule has 5 nitrogen and oxygen atoms in total. The highest BCUT2D eigenvalue weighted by molar-refractivity contribution is 5.92. The summed E-state index contributed by atoms with van der Waals surface area (Å²) in [6.45, 7) is 10.1. The average molecular weight is 395 g/mol. The van der Waals surface area contributed by atoms with Gasteiger partial charge < -0.3 is 9.32 Å². The summed E-state index contributed by atoms with van der Waals surface area (Å²) in [5.74, 6) is 1.20. The topological polar surface area (TPSA) is 51.3 Å². The van der Waals surface area contributed by atoms with Crippen LogP contribution in [-0.4, -0.2) is 26.6 Å². The van der Waals surface area contributed by atoms with Gasteiger partial charge in [0.15, 0.2) is 0 Å². The van der Waals surface area contributed by atoms with Crippen LogP contribution < -0.4 is 0 Å². The van der Waals surface area contributed by atoms with Crippen LogP contribution >= 0.6 is 0 Å². The summed E-state index contributed by atoms with van der Waals surface area (Å²) in [6.07, 6.45) is 3.37. The van der Waals surface area contributed by atoms with Crippen LogP contribution in [0.15, 0.2) is 46.9 Å². The van der Waals surface area contributed by atoms with Crippen LogP contribution in [0.2, 0.25) is 0 Å². The van der Waals surface area contributed by atoms with E-state index in [0.29, 0.717) is 6.54 Å². The van der Waals surface area contributed by atoms with E-state index >= 15 is 0 Å². The Morgan fingerprint density at radius 2 is 1.86 bits per heavy atom. The molecule has 2 heterocycles. The van der Waals surface area contributed by atoms with Crippen LogP contribution in [0.4, 0.5) is 4.39 Å². The standard InChI is InChI=1S/C23H26FN3O2/c1-15(2)26(14-21-11-6-16(3)29-21)23(28)13-12-22-17(4)25-27(18(22)5)20-9-7-19(24)8-10-20/h6-13,15H,14H2,1-5H3/b13-12+. The summed E-state index contributed by atoms with van der Waals surface area (Å²) in [5, 5.41) is 4.54. The van der Waals surface area contributed by atoms with E-state index in [0.717, 1.165) is 34.2 Å². The van der Waals surface area contributed by atoms with Gasteiger partial charge in [0.2, 0.25) is 5.91 Å². The number of rotatable bonds is 6. The van der Waals surface area contributed by atoms with Gasteiger partial charge in [-0.25, -0.2) is 9.07 Å². The number of hydrogen-bond donors (Lipinski definition) is 0. The number of hydrogen-bond acceptors (Lipinski definition) is 3. The zero-order valence-electron chi connectivity index (χ0n) is 17.4. The molecule has 0 bridgehead atoms. The number of aromatic nitrogens is 2. The molecule has 1 amide bonds. The van der Waals surface area contributed by atoms with E-state index in [9.17, 15) is 9.18 Å². The summed E-state index contributed by atoms with van der Waals surface area (Å²) in [6, 6.07) is 9.98. The molecule has 0 aliphatic heterocycles. The molecule has 0 fully saturated rings. The highest BCUT2D eigenvalue weighted by Gasteiger charge is 2.17. The van der Waals surface area contributed by atoms with Crippen molar-refractivity contribution in [2.24, 2.45) is 0 Å². The van der Waals surface area contributed by atoms with Crippen molar-refractivity contribution in [2.75, 3.05) is 0 Å². The second-order valence-electron chi connectivity index (χ2n) is 7.38. The first-order valence-electron chi connectivity index (χ1n) is 9.62. The molecule has 6 heteroatoms. The maximum Gasteiger partial charge on any atom is 0.247 e. The summed E-state index contributed by atoms with van der Waals surface area (Å²) in [7, 11) is 0. The van der Waals surface area contributed by atoms with Gasteiger partial charge in [0, 0.05) is 23.4 Å². The van der Waals surface area contributed by atoms with E-state index in [1.165, 1.54) is 12.1 Å². The van der Waals surface area contributed by atoms with E-state index < -0.39 is 0 Å². The molecule has 0 atom stereocenters. The monoisotopic (exact) mass is 395 g/mol. The average Bonchev–Trinajstić information content (AvgIpc) is 3.21. The number of amides is 1. The fraction of sp³-hybridized carbons (Fsp3) is 0.304. The third-order valence-electron chi connectivity index (χ3n) is 4.84. The SMILES string of the molecule is Cc1ccc(CN(C(=O)/C=C/c2c(C)nn(-c3ccc(F)cc3)c2C)C(C)C)o1. The van der Waals surface area contributed by atoms with Gasteiger partial charge in [-0.05, 0) is 77.1 Å². The smallest absolute Gasteiger partial charge is 0.247 e. The van der Waals surface area contributed by atoms with Crippen molar-refractivity contribution in [1.29, 1.82) is 0 Å². The molecule has 0 spiro atoms. The largest absolute Gasteiger partial charge is 0.464 e. The number of carbonyl (C=O) groups excluding carboxylic acids is 1. The Morgan fingerprint density at radius 3 is 2.45 bits per heavy atom. The molecule has 0 aliphatic carbocycles. The molecule has 0 radical (unpaired) electrons. The molecule has 0 saturated carbocycles. The van der Waals surface area contributed by atoms with Crippen molar-refractivity contribution in [1.82, 2.24) is 14.7 Å². The maximum absolute atomic E-state index is 13.2. The first kappa shape index (κ1) is 20.6. The minimum atomic E-state index is -0.290.